The molecule has 24 heavy (non-hydrogen) atoms. The molecule has 1 aromatic carbocycles. The van der Waals surface area contributed by atoms with E-state index >= 15 is 0 Å². The van der Waals surface area contributed by atoms with E-state index in [1.807, 2.05) is 25.1 Å². The van der Waals surface area contributed by atoms with Crippen molar-refractivity contribution < 1.29 is 9.59 Å². The Kier molecular flexibility index (Phi) is 5.41. The lowest BCUT2D eigenvalue weighted by Crippen LogP contribution is -2.59. The predicted molar refractivity (Wildman–Crippen MR) is 95.0 cm³/mol. The van der Waals surface area contributed by atoms with Gasteiger partial charge in [-0.15, -0.1) is 0 Å². The van der Waals surface area contributed by atoms with Crippen LogP contribution >= 0.6 is 11.6 Å². The van der Waals surface area contributed by atoms with Crippen LogP contribution < -0.4 is 4.90 Å². The van der Waals surface area contributed by atoms with Gasteiger partial charge in [0.25, 0.3) is 0 Å². The van der Waals surface area contributed by atoms with Gasteiger partial charge in [0.1, 0.15) is 0 Å². The molecular formula is C18H24ClN3O2. The highest BCUT2D eigenvalue weighted by Crippen LogP contribution is 2.24. The van der Waals surface area contributed by atoms with Crippen LogP contribution in [-0.2, 0) is 9.59 Å². The van der Waals surface area contributed by atoms with Gasteiger partial charge in [0.2, 0.25) is 11.8 Å². The van der Waals surface area contributed by atoms with Gasteiger partial charge in [0.15, 0.2) is 0 Å². The molecule has 0 bridgehead atoms. The second-order valence-electron chi connectivity index (χ2n) is 6.40. The van der Waals surface area contributed by atoms with Gasteiger partial charge in [-0.1, -0.05) is 24.6 Å². The van der Waals surface area contributed by atoms with Crippen LogP contribution in [-0.4, -0.2) is 54.0 Å². The summed E-state index contributed by atoms with van der Waals surface area (Å²) in [7, 11) is 0. The fourth-order valence-electron chi connectivity index (χ4n) is 3.66. The van der Waals surface area contributed by atoms with Gasteiger partial charge in [-0.2, -0.15) is 0 Å². The van der Waals surface area contributed by atoms with Gasteiger partial charge in [-0.05, 0) is 31.0 Å². The minimum Gasteiger partial charge on any atom is -0.369 e. The smallest absolute Gasteiger partial charge is 0.230 e. The summed E-state index contributed by atoms with van der Waals surface area (Å²) in [5, 5.41) is 0.742. The second-order valence-corrected chi connectivity index (χ2v) is 6.84. The van der Waals surface area contributed by atoms with E-state index in [4.69, 9.17) is 11.6 Å². The van der Waals surface area contributed by atoms with E-state index in [0.29, 0.717) is 19.3 Å². The Morgan fingerprint density at radius 3 is 2.33 bits per heavy atom. The van der Waals surface area contributed by atoms with Gasteiger partial charge in [-0.25, -0.2) is 0 Å². The monoisotopic (exact) mass is 349 g/mol. The lowest BCUT2D eigenvalue weighted by atomic mass is 10.1. The summed E-state index contributed by atoms with van der Waals surface area (Å²) in [5.41, 5.74) is 1.13. The van der Waals surface area contributed by atoms with Crippen LogP contribution in [0.25, 0.3) is 0 Å². The third-order valence-corrected chi connectivity index (χ3v) is 5.13. The number of hydrogen-bond acceptors (Lipinski definition) is 4. The number of imide groups is 1. The van der Waals surface area contributed by atoms with Crippen molar-refractivity contribution in [3.05, 3.63) is 29.3 Å². The van der Waals surface area contributed by atoms with Crippen molar-refractivity contribution in [1.29, 1.82) is 0 Å². The van der Waals surface area contributed by atoms with Crippen molar-refractivity contribution in [2.75, 3.05) is 31.1 Å². The fraction of sp³-hybridized carbons (Fsp3) is 0.556. The third-order valence-electron chi connectivity index (χ3n) is 4.89. The first-order valence-corrected chi connectivity index (χ1v) is 9.07. The maximum Gasteiger partial charge on any atom is 0.230 e. The molecule has 0 N–H and O–H groups in total. The molecule has 130 valence electrons. The molecule has 0 radical (unpaired) electrons. The van der Waals surface area contributed by atoms with Crippen molar-refractivity contribution >= 4 is 29.1 Å². The number of rotatable bonds is 4. The molecular weight excluding hydrogens is 326 g/mol. The Labute approximate surface area is 148 Å². The second kappa shape index (κ2) is 7.53. The summed E-state index contributed by atoms with van der Waals surface area (Å²) >= 11 is 6.08. The van der Waals surface area contributed by atoms with Crippen LogP contribution in [0.1, 0.15) is 32.6 Å². The Hall–Kier alpha value is -1.59. The van der Waals surface area contributed by atoms with E-state index in [0.717, 1.165) is 43.3 Å². The van der Waals surface area contributed by atoms with Crippen molar-refractivity contribution in [1.82, 2.24) is 9.80 Å². The zero-order valence-corrected chi connectivity index (χ0v) is 14.8. The minimum atomic E-state index is -0.105. The van der Waals surface area contributed by atoms with Gasteiger partial charge in [0.05, 0.1) is 6.17 Å². The molecule has 2 fully saturated rings. The van der Waals surface area contributed by atoms with Crippen LogP contribution in [0.2, 0.25) is 5.02 Å². The van der Waals surface area contributed by atoms with Crippen molar-refractivity contribution in [2.24, 2.45) is 0 Å². The Balaban J connectivity index is 1.66. The first-order valence-electron chi connectivity index (χ1n) is 8.69. The molecule has 0 aliphatic carbocycles. The molecule has 0 saturated carbocycles. The lowest BCUT2D eigenvalue weighted by molar-refractivity contribution is -0.156. The third kappa shape index (κ3) is 3.57. The molecule has 2 aliphatic rings. The molecule has 1 aromatic rings. The molecule has 2 aliphatic heterocycles. The van der Waals surface area contributed by atoms with Crippen LogP contribution in [0.3, 0.4) is 0 Å². The number of piperidine rings is 1. The number of benzene rings is 1. The number of anilines is 1. The average Bonchev–Trinajstić information content (AvgIpc) is 2.58. The first kappa shape index (κ1) is 17.2. The zero-order valence-electron chi connectivity index (χ0n) is 14.1. The first-order chi connectivity index (χ1) is 11.6. The van der Waals surface area contributed by atoms with Crippen LogP contribution in [0.15, 0.2) is 24.3 Å². The zero-order chi connectivity index (χ0) is 17.1. The molecule has 2 amide bonds. The van der Waals surface area contributed by atoms with Gasteiger partial charge in [0, 0.05) is 49.7 Å². The summed E-state index contributed by atoms with van der Waals surface area (Å²) in [4.78, 5) is 30.5. The van der Waals surface area contributed by atoms with Crippen molar-refractivity contribution in [3.8, 4) is 0 Å². The summed E-state index contributed by atoms with van der Waals surface area (Å²) in [6, 6.07) is 7.88. The van der Waals surface area contributed by atoms with E-state index < -0.39 is 0 Å². The number of carbonyl (C=O) groups excluding carboxylic acids is 2. The highest BCUT2D eigenvalue weighted by atomic mass is 35.5. The van der Waals surface area contributed by atoms with Crippen LogP contribution in [0.5, 0.6) is 0 Å². The number of piperazine rings is 1. The van der Waals surface area contributed by atoms with E-state index in [1.165, 1.54) is 4.90 Å². The Morgan fingerprint density at radius 2 is 1.75 bits per heavy atom. The van der Waals surface area contributed by atoms with Crippen LogP contribution in [0.4, 0.5) is 5.69 Å². The topological polar surface area (TPSA) is 43.9 Å². The average molecular weight is 350 g/mol. The maximum atomic E-state index is 12.2. The van der Waals surface area contributed by atoms with Crippen molar-refractivity contribution in [3.63, 3.8) is 0 Å². The molecule has 0 spiro atoms. The predicted octanol–water partition coefficient (Wildman–Crippen LogP) is 2.74. The molecule has 1 atom stereocenters. The molecule has 2 saturated heterocycles. The van der Waals surface area contributed by atoms with E-state index in [2.05, 4.69) is 15.9 Å². The largest absolute Gasteiger partial charge is 0.369 e. The summed E-state index contributed by atoms with van der Waals surface area (Å²) < 4.78 is 0. The minimum absolute atomic E-state index is 0.0182. The quantitative estimate of drug-likeness (QED) is 0.784. The number of nitrogens with zero attached hydrogens (tertiary/aromatic N) is 3. The normalized spacial score (nSPS) is 21.2. The van der Waals surface area contributed by atoms with Gasteiger partial charge in [-0.3, -0.25) is 19.4 Å². The molecule has 2 heterocycles. The summed E-state index contributed by atoms with van der Waals surface area (Å²) in [6.07, 6.45) is 2.34. The Morgan fingerprint density at radius 1 is 1.08 bits per heavy atom. The molecule has 6 heteroatoms. The molecule has 0 aromatic heterocycles. The van der Waals surface area contributed by atoms with E-state index in [1.54, 1.807) is 0 Å². The lowest BCUT2D eigenvalue weighted by Gasteiger charge is -2.44. The van der Waals surface area contributed by atoms with E-state index in [-0.39, 0.29) is 18.0 Å². The van der Waals surface area contributed by atoms with Crippen LogP contribution in [0, 0.1) is 0 Å². The number of halogens is 1. The van der Waals surface area contributed by atoms with Gasteiger partial charge >= 0.3 is 0 Å². The number of carbonyl (C=O) groups is 2. The summed E-state index contributed by atoms with van der Waals surface area (Å²) in [6.45, 7) is 5.45. The number of amides is 2. The number of likely N-dealkylation sites (tertiary alicyclic amines) is 1. The van der Waals surface area contributed by atoms with Gasteiger partial charge < -0.3 is 4.90 Å². The standard InChI is InChI=1S/C18H24ClN3O2/c1-2-16(22-17(23)7-4-8-18(22)24)21-11-9-20(10-12-21)15-6-3-5-14(19)13-15/h3,5-6,13,16H,2,4,7-12H2,1H3. The van der Waals surface area contributed by atoms with Crippen molar-refractivity contribution in [2.45, 2.75) is 38.8 Å². The molecule has 5 nitrogen and oxygen atoms in total. The highest BCUT2D eigenvalue weighted by molar-refractivity contribution is 6.30. The highest BCUT2D eigenvalue weighted by Gasteiger charge is 2.35. The number of hydrogen-bond donors (Lipinski definition) is 0. The summed E-state index contributed by atoms with van der Waals surface area (Å²) in [5.74, 6) is -0.0364. The Bertz CT molecular complexity index is 598. The molecule has 1 unspecified atom stereocenters. The maximum absolute atomic E-state index is 12.2. The van der Waals surface area contributed by atoms with E-state index in [9.17, 15) is 9.59 Å². The molecule has 3 rings (SSSR count). The fourth-order valence-corrected chi connectivity index (χ4v) is 3.84. The SMILES string of the molecule is CCC(N1CCN(c2cccc(Cl)c2)CC1)N1C(=O)CCCC1=O.